The van der Waals surface area contributed by atoms with E-state index in [-0.39, 0.29) is 29.3 Å². The predicted octanol–water partition coefficient (Wildman–Crippen LogP) is 4.43. The van der Waals surface area contributed by atoms with E-state index in [0.29, 0.717) is 12.1 Å². The molecule has 0 saturated carbocycles. The standard InChI is InChI=1S/C19H31N3O2Si/c1-7-16-14(11-20)18(24-25(5,6)19(2,3)4)10-17(23-16)13-8-9-22-12-15(13)21/h8-9,12,14,16-18H,7,10,21H2,1-6H3/t14-,16+,17+,18+/m0/s1. The van der Waals surface area contributed by atoms with Gasteiger partial charge in [-0.2, -0.15) is 5.26 Å². The van der Waals surface area contributed by atoms with Crippen LogP contribution in [-0.4, -0.2) is 25.5 Å². The normalized spacial score (nSPS) is 27.7. The van der Waals surface area contributed by atoms with Gasteiger partial charge in [0.1, 0.15) is 0 Å². The Kier molecular flexibility index (Phi) is 5.92. The number of nitrogens with zero attached hydrogens (tertiary/aromatic N) is 2. The number of nitriles is 1. The zero-order chi connectivity index (χ0) is 18.8. The maximum Gasteiger partial charge on any atom is 0.192 e. The molecule has 4 atom stereocenters. The van der Waals surface area contributed by atoms with Gasteiger partial charge in [0.15, 0.2) is 8.32 Å². The zero-order valence-electron chi connectivity index (χ0n) is 16.2. The topological polar surface area (TPSA) is 81.2 Å². The van der Waals surface area contributed by atoms with Crippen LogP contribution in [0, 0.1) is 17.2 Å². The van der Waals surface area contributed by atoms with E-state index >= 15 is 0 Å². The van der Waals surface area contributed by atoms with Gasteiger partial charge >= 0.3 is 0 Å². The van der Waals surface area contributed by atoms with Crippen molar-refractivity contribution in [2.45, 2.75) is 77.0 Å². The first kappa shape index (κ1) is 19.9. The number of hydrogen-bond donors (Lipinski definition) is 1. The fourth-order valence-corrected chi connectivity index (χ4v) is 4.41. The van der Waals surface area contributed by atoms with Crippen molar-refractivity contribution in [3.63, 3.8) is 0 Å². The van der Waals surface area contributed by atoms with Crippen LogP contribution in [-0.2, 0) is 9.16 Å². The summed E-state index contributed by atoms with van der Waals surface area (Å²) in [5.74, 6) is -0.251. The second kappa shape index (κ2) is 7.44. The summed E-state index contributed by atoms with van der Waals surface area (Å²) in [7, 11) is -1.99. The molecule has 1 aromatic rings. The molecule has 2 rings (SSSR count). The molecule has 0 spiro atoms. The molecule has 0 amide bonds. The molecule has 0 aliphatic carbocycles. The van der Waals surface area contributed by atoms with Crippen molar-refractivity contribution < 1.29 is 9.16 Å². The Morgan fingerprint density at radius 3 is 2.64 bits per heavy atom. The van der Waals surface area contributed by atoms with Crippen LogP contribution in [0.25, 0.3) is 0 Å². The Morgan fingerprint density at radius 1 is 1.44 bits per heavy atom. The third-order valence-corrected chi connectivity index (χ3v) is 10.1. The second-order valence-corrected chi connectivity index (χ2v) is 13.1. The first-order valence-corrected chi connectivity index (χ1v) is 11.9. The molecule has 6 heteroatoms. The molecule has 1 aromatic heterocycles. The molecular weight excluding hydrogens is 330 g/mol. The van der Waals surface area contributed by atoms with Crippen molar-refractivity contribution in [2.24, 2.45) is 5.92 Å². The summed E-state index contributed by atoms with van der Waals surface area (Å²) in [6, 6.07) is 4.35. The first-order chi connectivity index (χ1) is 11.6. The average molecular weight is 362 g/mol. The van der Waals surface area contributed by atoms with Gasteiger partial charge in [-0.25, -0.2) is 0 Å². The lowest BCUT2D eigenvalue weighted by Gasteiger charge is -2.45. The van der Waals surface area contributed by atoms with Crippen LogP contribution in [0.5, 0.6) is 0 Å². The summed E-state index contributed by atoms with van der Waals surface area (Å²) in [4.78, 5) is 4.06. The molecule has 0 radical (unpaired) electrons. The Morgan fingerprint density at radius 2 is 2.12 bits per heavy atom. The number of ether oxygens (including phenoxy) is 1. The van der Waals surface area contributed by atoms with Crippen molar-refractivity contribution in [3.8, 4) is 6.07 Å². The minimum Gasteiger partial charge on any atom is -0.412 e. The minimum atomic E-state index is -1.99. The molecule has 25 heavy (non-hydrogen) atoms. The van der Waals surface area contributed by atoms with Crippen LogP contribution in [0.4, 0.5) is 5.69 Å². The lowest BCUT2D eigenvalue weighted by atomic mass is 9.86. The van der Waals surface area contributed by atoms with Gasteiger partial charge in [0.2, 0.25) is 0 Å². The highest BCUT2D eigenvalue weighted by molar-refractivity contribution is 6.74. The van der Waals surface area contributed by atoms with Gasteiger partial charge in [-0.1, -0.05) is 27.7 Å². The number of nitrogen functional groups attached to an aromatic ring is 1. The van der Waals surface area contributed by atoms with E-state index < -0.39 is 8.32 Å². The molecule has 5 nitrogen and oxygen atoms in total. The second-order valence-electron chi connectivity index (χ2n) is 8.38. The fourth-order valence-electron chi connectivity index (χ4n) is 3.05. The third-order valence-electron chi connectivity index (χ3n) is 5.62. The van der Waals surface area contributed by atoms with E-state index in [1.807, 2.05) is 6.07 Å². The van der Waals surface area contributed by atoms with Crippen molar-refractivity contribution in [2.75, 3.05) is 5.73 Å². The summed E-state index contributed by atoms with van der Waals surface area (Å²) in [5, 5.41) is 9.84. The molecule has 0 bridgehead atoms. The number of hydrogen-bond acceptors (Lipinski definition) is 5. The highest BCUT2D eigenvalue weighted by atomic mass is 28.4. The van der Waals surface area contributed by atoms with Crippen molar-refractivity contribution in [3.05, 3.63) is 24.0 Å². The largest absolute Gasteiger partial charge is 0.412 e. The number of rotatable bonds is 4. The quantitative estimate of drug-likeness (QED) is 0.802. The monoisotopic (exact) mass is 361 g/mol. The molecule has 138 valence electrons. The highest BCUT2D eigenvalue weighted by Crippen LogP contribution is 2.43. The summed E-state index contributed by atoms with van der Waals surface area (Å²) in [5.41, 5.74) is 7.67. The van der Waals surface area contributed by atoms with Gasteiger partial charge in [0, 0.05) is 18.2 Å². The SMILES string of the molecule is CC[C@H]1O[C@@H](c2ccncc2N)C[C@@H](O[Si](C)(C)C(C)(C)C)[C@H]1C#N. The Bertz CT molecular complexity index is 636. The van der Waals surface area contributed by atoms with Crippen LogP contribution in [0.15, 0.2) is 18.5 Å². The molecule has 0 aromatic carbocycles. The molecule has 1 aliphatic heterocycles. The summed E-state index contributed by atoms with van der Waals surface area (Å²) in [6.45, 7) is 13.2. The van der Waals surface area contributed by atoms with Gasteiger partial charge < -0.3 is 14.9 Å². The maximum absolute atomic E-state index is 9.74. The number of aromatic nitrogens is 1. The van der Waals surface area contributed by atoms with Crippen LogP contribution >= 0.6 is 0 Å². The van der Waals surface area contributed by atoms with Crippen LogP contribution in [0.2, 0.25) is 18.1 Å². The maximum atomic E-state index is 9.74. The average Bonchev–Trinajstić information content (AvgIpc) is 2.53. The molecule has 0 unspecified atom stereocenters. The summed E-state index contributed by atoms with van der Waals surface area (Å²) in [6.07, 6.45) is 4.36. The summed E-state index contributed by atoms with van der Waals surface area (Å²) >= 11 is 0. The zero-order valence-corrected chi connectivity index (χ0v) is 17.2. The van der Waals surface area contributed by atoms with E-state index in [0.717, 1.165) is 12.0 Å². The van der Waals surface area contributed by atoms with Crippen LogP contribution in [0.1, 0.15) is 52.2 Å². The van der Waals surface area contributed by atoms with E-state index in [1.54, 1.807) is 12.4 Å². The number of nitrogens with two attached hydrogens (primary N) is 1. The molecule has 1 fully saturated rings. The van der Waals surface area contributed by atoms with Gasteiger partial charge in [0.25, 0.3) is 0 Å². The molecular formula is C19H31N3O2Si. The molecule has 1 saturated heterocycles. The van der Waals surface area contributed by atoms with E-state index in [1.165, 1.54) is 0 Å². The highest BCUT2D eigenvalue weighted by Gasteiger charge is 2.46. The molecule has 1 aliphatic rings. The van der Waals surface area contributed by atoms with Gasteiger partial charge in [0.05, 0.1) is 42.2 Å². The van der Waals surface area contributed by atoms with E-state index in [9.17, 15) is 5.26 Å². The number of anilines is 1. The Labute approximate surface area is 152 Å². The fraction of sp³-hybridized carbons (Fsp3) is 0.684. The van der Waals surface area contributed by atoms with Crippen molar-refractivity contribution in [1.82, 2.24) is 4.98 Å². The smallest absolute Gasteiger partial charge is 0.192 e. The van der Waals surface area contributed by atoms with Gasteiger partial charge in [-0.15, -0.1) is 0 Å². The first-order valence-electron chi connectivity index (χ1n) is 9.03. The molecule has 2 N–H and O–H groups in total. The van der Waals surface area contributed by atoms with E-state index in [4.69, 9.17) is 14.9 Å². The Hall–Kier alpha value is -1.42. The lowest BCUT2D eigenvalue weighted by Crippen LogP contribution is -2.50. The Balaban J connectivity index is 2.32. The molecule has 2 heterocycles. The van der Waals surface area contributed by atoms with Crippen molar-refractivity contribution in [1.29, 1.82) is 5.26 Å². The lowest BCUT2D eigenvalue weighted by molar-refractivity contribution is -0.118. The number of pyridine rings is 1. The van der Waals surface area contributed by atoms with Crippen molar-refractivity contribution >= 4 is 14.0 Å². The van der Waals surface area contributed by atoms with Gasteiger partial charge in [-0.3, -0.25) is 4.98 Å². The third kappa shape index (κ3) is 4.22. The van der Waals surface area contributed by atoms with E-state index in [2.05, 4.69) is 51.8 Å². The summed E-state index contributed by atoms with van der Waals surface area (Å²) < 4.78 is 12.9. The van der Waals surface area contributed by atoms with Crippen LogP contribution < -0.4 is 5.73 Å². The van der Waals surface area contributed by atoms with Gasteiger partial charge in [-0.05, 0) is 30.6 Å². The van der Waals surface area contributed by atoms with Crippen LogP contribution in [0.3, 0.4) is 0 Å². The minimum absolute atomic E-state index is 0.0954. The predicted molar refractivity (Wildman–Crippen MR) is 102 cm³/mol.